The molecule has 2 N–H and O–H groups in total. The van der Waals surface area contributed by atoms with Crippen molar-refractivity contribution in [2.75, 3.05) is 27.6 Å². The van der Waals surface area contributed by atoms with E-state index in [0.717, 1.165) is 0 Å². The number of benzene rings is 1. The molecule has 110 valence electrons. The Kier molecular flexibility index (Phi) is 2.84. The average Bonchev–Trinajstić information content (AvgIpc) is 2.92. The fraction of sp³-hybridized carbons (Fsp3) is 0.429. The normalized spacial score (nSPS) is 16.7. The second-order valence-corrected chi connectivity index (χ2v) is 6.54. The lowest BCUT2D eigenvalue weighted by atomic mass is 10.1. The number of likely N-dealkylation sites (N-methyl/N-ethyl adjacent to an activating group) is 1. The van der Waals surface area contributed by atoms with Crippen LogP contribution >= 0.6 is 0 Å². The number of H-pyrrole nitrogens is 1. The highest BCUT2D eigenvalue weighted by Gasteiger charge is 2.11. The van der Waals surface area contributed by atoms with E-state index < -0.39 is 22.3 Å². The minimum atomic E-state index is -3.71. The van der Waals surface area contributed by atoms with Gasteiger partial charge in [-0.05, 0) is 50.8 Å². The summed E-state index contributed by atoms with van der Waals surface area (Å²) in [5.41, 5.74) is 0.638. The van der Waals surface area contributed by atoms with Gasteiger partial charge in [-0.2, -0.15) is 0 Å². The van der Waals surface area contributed by atoms with E-state index in [1.54, 1.807) is 14.1 Å². The van der Waals surface area contributed by atoms with Gasteiger partial charge < -0.3 is 9.88 Å². The molecule has 0 radical (unpaired) electrons. The smallest absolute Gasteiger partial charge is 0.215 e. The quantitative estimate of drug-likeness (QED) is 0.845. The third-order valence-electron chi connectivity index (χ3n) is 2.81. The third kappa shape index (κ3) is 3.59. The first-order chi connectivity index (χ1) is 11.4. The molecule has 0 saturated heterocycles. The largest absolute Gasteiger partial charge is 0.361 e. The Labute approximate surface area is 127 Å². The summed E-state index contributed by atoms with van der Waals surface area (Å²) in [4.78, 5) is 4.23. The molecule has 0 atom stereocenters. The topological polar surface area (TPSA) is 65.2 Å². The Morgan fingerprint density at radius 1 is 1.45 bits per heavy atom. The highest BCUT2D eigenvalue weighted by molar-refractivity contribution is 7.88. The number of fused-ring (bicyclic) bond motifs is 1. The lowest BCUT2D eigenvalue weighted by Gasteiger charge is -2.08. The van der Waals surface area contributed by atoms with Gasteiger partial charge in [0, 0.05) is 26.3 Å². The highest BCUT2D eigenvalue weighted by atomic mass is 32.2. The van der Waals surface area contributed by atoms with E-state index in [1.807, 2.05) is 0 Å². The van der Waals surface area contributed by atoms with Crippen molar-refractivity contribution in [1.29, 1.82) is 0 Å². The summed E-state index contributed by atoms with van der Waals surface area (Å²) < 4.78 is 66.4. The summed E-state index contributed by atoms with van der Waals surface area (Å²) in [7, 11) is 0.726. The fourth-order valence-electron chi connectivity index (χ4n) is 1.74. The Balaban J connectivity index is 2.68. The number of sulfonamides is 1. The molecule has 0 bridgehead atoms. The van der Waals surface area contributed by atoms with E-state index in [0.29, 0.717) is 5.56 Å². The van der Waals surface area contributed by atoms with Crippen molar-refractivity contribution < 1.29 is 15.3 Å². The number of nitrogens with zero attached hydrogens (tertiary/aromatic N) is 1. The van der Waals surface area contributed by atoms with E-state index in [4.69, 9.17) is 6.85 Å². The molecular formula is C14H21N3O2S. The molecule has 0 amide bonds. The Morgan fingerprint density at radius 3 is 2.85 bits per heavy atom. The summed E-state index contributed by atoms with van der Waals surface area (Å²) in [6.45, 7) is -1.68. The predicted octanol–water partition coefficient (Wildman–Crippen LogP) is 1.32. The van der Waals surface area contributed by atoms with Gasteiger partial charge in [-0.1, -0.05) is 6.04 Å². The Bertz CT molecular complexity index is 909. The van der Waals surface area contributed by atoms with Gasteiger partial charge in [0.25, 0.3) is 0 Å². The van der Waals surface area contributed by atoms with Crippen LogP contribution in [-0.2, 0) is 22.2 Å². The zero-order valence-electron chi connectivity index (χ0n) is 16.7. The lowest BCUT2D eigenvalue weighted by molar-refractivity contribution is 0.414. The number of hydrogen-bond acceptors (Lipinski definition) is 3. The van der Waals surface area contributed by atoms with Gasteiger partial charge >= 0.3 is 0 Å². The van der Waals surface area contributed by atoms with Crippen LogP contribution in [0.5, 0.6) is 0 Å². The molecule has 0 saturated carbocycles. The molecular weight excluding hydrogens is 274 g/mol. The molecule has 20 heavy (non-hydrogen) atoms. The summed E-state index contributed by atoms with van der Waals surface area (Å²) in [6, 6.07) is -0.690. The SMILES string of the molecule is [2H]c1c(CS(=O)(=O)NC)c([2H])c2c(CC([2H])([2H])N(C)C)c[nH]c2c1[2H]. The lowest BCUT2D eigenvalue weighted by Crippen LogP contribution is -2.20. The second-order valence-electron chi connectivity index (χ2n) is 4.61. The van der Waals surface area contributed by atoms with Gasteiger partial charge in [0.15, 0.2) is 0 Å². The first-order valence-electron chi connectivity index (χ1n) is 8.58. The predicted molar refractivity (Wildman–Crippen MR) is 82.2 cm³/mol. The summed E-state index contributed by atoms with van der Waals surface area (Å²) >= 11 is 0. The van der Waals surface area contributed by atoms with Crippen molar-refractivity contribution in [3.63, 3.8) is 0 Å². The van der Waals surface area contributed by atoms with Crippen LogP contribution < -0.4 is 4.72 Å². The van der Waals surface area contributed by atoms with Gasteiger partial charge in [0.05, 0.1) is 9.87 Å². The van der Waals surface area contributed by atoms with Gasteiger partial charge in [0.2, 0.25) is 10.0 Å². The highest BCUT2D eigenvalue weighted by Crippen LogP contribution is 2.21. The zero-order valence-corrected chi connectivity index (χ0v) is 12.5. The van der Waals surface area contributed by atoms with Gasteiger partial charge in [-0.3, -0.25) is 0 Å². The summed E-state index contributed by atoms with van der Waals surface area (Å²) in [5, 5.41) is 0.285. The average molecular weight is 300 g/mol. The maximum atomic E-state index is 11.8. The van der Waals surface area contributed by atoms with E-state index in [9.17, 15) is 8.42 Å². The fourth-order valence-corrected chi connectivity index (χ4v) is 2.41. The van der Waals surface area contributed by atoms with E-state index >= 15 is 0 Å². The van der Waals surface area contributed by atoms with Gasteiger partial charge in [0.1, 0.15) is 0 Å². The van der Waals surface area contributed by atoms with Crippen molar-refractivity contribution in [2.24, 2.45) is 0 Å². The molecule has 0 spiro atoms. The van der Waals surface area contributed by atoms with Crippen LogP contribution in [0.4, 0.5) is 0 Å². The van der Waals surface area contributed by atoms with E-state index in [1.165, 1.54) is 18.1 Å². The van der Waals surface area contributed by atoms with E-state index in [2.05, 4.69) is 9.71 Å². The van der Waals surface area contributed by atoms with Crippen molar-refractivity contribution in [1.82, 2.24) is 14.6 Å². The molecule has 6 heteroatoms. The minimum Gasteiger partial charge on any atom is -0.361 e. The molecule has 2 rings (SSSR count). The maximum absolute atomic E-state index is 11.8. The number of hydrogen-bond donors (Lipinski definition) is 2. The molecule has 0 aliphatic rings. The molecule has 5 nitrogen and oxygen atoms in total. The number of rotatable bonds is 6. The molecule has 0 aliphatic carbocycles. The van der Waals surface area contributed by atoms with Crippen molar-refractivity contribution >= 4 is 20.9 Å². The standard InChI is InChI=1S/C14H21N3O2S/c1-15-20(18,19)10-11-4-5-14-13(8-11)12(9-16-14)6-7-17(2)3/h4-5,8-9,15-16H,6-7,10H2,1-3H3/i4D,5D,7D2,8D. The van der Waals surface area contributed by atoms with Gasteiger partial charge in [-0.15, -0.1) is 0 Å². The Hall–Kier alpha value is -1.37. The van der Waals surface area contributed by atoms with Crippen LogP contribution in [-0.4, -0.2) is 45.9 Å². The van der Waals surface area contributed by atoms with Crippen LogP contribution in [0.2, 0.25) is 0 Å². The van der Waals surface area contributed by atoms with Crippen molar-refractivity contribution in [3.05, 3.63) is 35.5 Å². The summed E-state index contributed by atoms with van der Waals surface area (Å²) in [5.74, 6) is -0.575. The number of nitrogens with one attached hydrogen (secondary N) is 2. The van der Waals surface area contributed by atoms with Crippen LogP contribution in [0.3, 0.4) is 0 Å². The van der Waals surface area contributed by atoms with Crippen LogP contribution in [0.15, 0.2) is 24.3 Å². The molecule has 0 aliphatic heterocycles. The van der Waals surface area contributed by atoms with Crippen LogP contribution in [0.25, 0.3) is 10.9 Å². The molecule has 0 unspecified atom stereocenters. The summed E-state index contributed by atoms with van der Waals surface area (Å²) in [6.07, 6.45) is 1.47. The maximum Gasteiger partial charge on any atom is 0.215 e. The second kappa shape index (κ2) is 5.95. The third-order valence-corrected chi connectivity index (χ3v) is 4.10. The first-order valence-corrected chi connectivity index (χ1v) is 7.73. The monoisotopic (exact) mass is 300 g/mol. The van der Waals surface area contributed by atoms with Crippen molar-refractivity contribution in [2.45, 2.75) is 12.2 Å². The molecule has 1 aromatic heterocycles. The number of aryl methyl sites for hydroxylation is 1. The van der Waals surface area contributed by atoms with Crippen LogP contribution in [0.1, 0.15) is 18.0 Å². The van der Waals surface area contributed by atoms with Crippen molar-refractivity contribution in [3.8, 4) is 0 Å². The van der Waals surface area contributed by atoms with Gasteiger partial charge in [-0.25, -0.2) is 13.1 Å². The molecule has 1 heterocycles. The number of aromatic nitrogens is 1. The van der Waals surface area contributed by atoms with Crippen LogP contribution in [0, 0.1) is 0 Å². The van der Waals surface area contributed by atoms with E-state index in [-0.39, 0.29) is 41.0 Å². The molecule has 0 fully saturated rings. The minimum absolute atomic E-state index is 0.0408. The Morgan fingerprint density at radius 2 is 2.20 bits per heavy atom. The zero-order chi connectivity index (χ0) is 19.2. The number of aromatic amines is 1. The molecule has 2 aromatic rings. The first kappa shape index (κ1) is 9.55. The molecule has 1 aromatic carbocycles.